The molecule has 3 aromatic carbocycles. The Morgan fingerprint density at radius 1 is 0.900 bits per heavy atom. The van der Waals surface area contributed by atoms with Crippen LogP contribution >= 0.6 is 0 Å². The lowest BCUT2D eigenvalue weighted by Crippen LogP contribution is -2.52. The molecule has 2 atom stereocenters. The van der Waals surface area contributed by atoms with Crippen LogP contribution in [0.4, 0.5) is 10.1 Å². The molecule has 0 aliphatic rings. The SMILES string of the molecule is CC[C@@H](C)NC(=O)[C@H](C)N(Cc1ccc(F)cc1)C(=O)CN(c1ccc(C)cc1C)S(=O)(=O)c1ccc(C)cc1. The van der Waals surface area contributed by atoms with Gasteiger partial charge in [0, 0.05) is 12.6 Å². The second-order valence-corrected chi connectivity index (χ2v) is 12.1. The second kappa shape index (κ2) is 13.1. The van der Waals surface area contributed by atoms with Crippen molar-refractivity contribution < 1.29 is 22.4 Å². The maximum Gasteiger partial charge on any atom is 0.264 e. The first-order valence-corrected chi connectivity index (χ1v) is 14.8. The first-order valence-electron chi connectivity index (χ1n) is 13.3. The monoisotopic (exact) mass is 567 g/mol. The average molecular weight is 568 g/mol. The highest BCUT2D eigenvalue weighted by molar-refractivity contribution is 7.92. The number of anilines is 1. The van der Waals surface area contributed by atoms with Crippen LogP contribution in [-0.4, -0.2) is 43.8 Å². The van der Waals surface area contributed by atoms with Gasteiger partial charge in [-0.15, -0.1) is 0 Å². The number of amides is 2. The van der Waals surface area contributed by atoms with Gasteiger partial charge in [-0.2, -0.15) is 0 Å². The third kappa shape index (κ3) is 7.47. The molecule has 9 heteroatoms. The Hall–Kier alpha value is -3.72. The number of rotatable bonds is 11. The number of carbonyl (C=O) groups excluding carboxylic acids is 2. The van der Waals surface area contributed by atoms with E-state index in [-0.39, 0.29) is 23.4 Å². The van der Waals surface area contributed by atoms with E-state index >= 15 is 0 Å². The summed E-state index contributed by atoms with van der Waals surface area (Å²) in [6, 6.07) is 16.4. The van der Waals surface area contributed by atoms with Crippen molar-refractivity contribution in [3.63, 3.8) is 0 Å². The Bertz CT molecular complexity index is 1440. The van der Waals surface area contributed by atoms with Crippen molar-refractivity contribution in [1.82, 2.24) is 10.2 Å². The fourth-order valence-electron chi connectivity index (χ4n) is 4.27. The predicted octanol–water partition coefficient (Wildman–Crippen LogP) is 5.28. The van der Waals surface area contributed by atoms with E-state index in [0.717, 1.165) is 15.4 Å². The Morgan fingerprint density at radius 2 is 1.50 bits per heavy atom. The number of hydrogen-bond acceptors (Lipinski definition) is 4. The molecule has 3 rings (SSSR count). The molecule has 40 heavy (non-hydrogen) atoms. The number of hydrogen-bond donors (Lipinski definition) is 1. The first kappa shape index (κ1) is 30.8. The molecule has 2 amide bonds. The normalized spacial score (nSPS) is 12.9. The summed E-state index contributed by atoms with van der Waals surface area (Å²) < 4.78 is 42.6. The molecule has 0 bridgehead atoms. The summed E-state index contributed by atoms with van der Waals surface area (Å²) in [5.41, 5.74) is 3.53. The molecule has 0 aliphatic carbocycles. The molecule has 7 nitrogen and oxygen atoms in total. The van der Waals surface area contributed by atoms with E-state index in [0.29, 0.717) is 23.2 Å². The smallest absolute Gasteiger partial charge is 0.264 e. The van der Waals surface area contributed by atoms with Crippen LogP contribution in [0.15, 0.2) is 71.6 Å². The van der Waals surface area contributed by atoms with Crippen LogP contribution in [0, 0.1) is 26.6 Å². The van der Waals surface area contributed by atoms with Gasteiger partial charge in [-0.3, -0.25) is 13.9 Å². The van der Waals surface area contributed by atoms with Crippen LogP contribution < -0.4 is 9.62 Å². The van der Waals surface area contributed by atoms with Crippen LogP contribution in [-0.2, 0) is 26.2 Å². The molecular weight excluding hydrogens is 529 g/mol. The predicted molar refractivity (Wildman–Crippen MR) is 156 cm³/mol. The summed E-state index contributed by atoms with van der Waals surface area (Å²) in [5.74, 6) is -1.34. The Balaban J connectivity index is 2.05. The summed E-state index contributed by atoms with van der Waals surface area (Å²) in [7, 11) is -4.15. The fourth-order valence-corrected chi connectivity index (χ4v) is 5.75. The van der Waals surface area contributed by atoms with Crippen LogP contribution in [0.1, 0.15) is 49.4 Å². The van der Waals surface area contributed by atoms with Crippen molar-refractivity contribution >= 4 is 27.5 Å². The number of nitrogens with zero attached hydrogens (tertiary/aromatic N) is 2. The van der Waals surface area contributed by atoms with Gasteiger partial charge in [0.25, 0.3) is 10.0 Å². The molecule has 0 aliphatic heterocycles. The number of carbonyl (C=O) groups is 2. The highest BCUT2D eigenvalue weighted by Gasteiger charge is 2.33. The Morgan fingerprint density at radius 3 is 2.08 bits per heavy atom. The number of halogens is 1. The summed E-state index contributed by atoms with van der Waals surface area (Å²) >= 11 is 0. The molecule has 0 heterocycles. The van der Waals surface area contributed by atoms with Crippen LogP contribution in [0.2, 0.25) is 0 Å². The molecule has 0 aromatic heterocycles. The molecule has 0 saturated heterocycles. The van der Waals surface area contributed by atoms with E-state index in [4.69, 9.17) is 0 Å². The summed E-state index contributed by atoms with van der Waals surface area (Å²) in [5, 5.41) is 2.90. The van der Waals surface area contributed by atoms with E-state index in [1.807, 2.05) is 33.8 Å². The lowest BCUT2D eigenvalue weighted by Gasteiger charge is -2.33. The highest BCUT2D eigenvalue weighted by Crippen LogP contribution is 2.28. The van der Waals surface area contributed by atoms with Crippen molar-refractivity contribution in [3.05, 3.63) is 94.8 Å². The standard InChI is InChI=1S/C31H38FN3O4S/c1-7-24(5)33-31(37)25(6)34(19-26-11-13-27(32)14-12-26)30(36)20-35(29-17-10-22(3)18-23(29)4)40(38,39)28-15-8-21(2)9-16-28/h8-18,24-25H,7,19-20H2,1-6H3,(H,33,37)/t24-,25+/m1/s1. The van der Waals surface area contributed by atoms with Crippen LogP contribution in [0.25, 0.3) is 0 Å². The van der Waals surface area contributed by atoms with Gasteiger partial charge in [0.05, 0.1) is 10.6 Å². The van der Waals surface area contributed by atoms with Crippen LogP contribution in [0.3, 0.4) is 0 Å². The second-order valence-electron chi connectivity index (χ2n) is 10.3. The van der Waals surface area contributed by atoms with E-state index in [9.17, 15) is 22.4 Å². The number of sulfonamides is 1. The summed E-state index contributed by atoms with van der Waals surface area (Å²) in [4.78, 5) is 28.5. The van der Waals surface area contributed by atoms with Crippen molar-refractivity contribution in [2.24, 2.45) is 0 Å². The zero-order valence-corrected chi connectivity index (χ0v) is 24.8. The van der Waals surface area contributed by atoms with E-state index in [2.05, 4.69) is 5.32 Å². The summed E-state index contributed by atoms with van der Waals surface area (Å²) in [6.07, 6.45) is 0.708. The molecule has 1 N–H and O–H groups in total. The topological polar surface area (TPSA) is 86.8 Å². The van der Waals surface area contributed by atoms with E-state index in [1.165, 1.54) is 29.2 Å². The largest absolute Gasteiger partial charge is 0.352 e. The third-order valence-electron chi connectivity index (χ3n) is 6.94. The minimum atomic E-state index is -4.15. The van der Waals surface area contributed by atoms with Gasteiger partial charge in [-0.25, -0.2) is 12.8 Å². The van der Waals surface area contributed by atoms with Gasteiger partial charge in [0.1, 0.15) is 18.4 Å². The molecule has 0 spiro atoms. The van der Waals surface area contributed by atoms with Gasteiger partial charge in [-0.1, -0.05) is 54.4 Å². The quantitative estimate of drug-likeness (QED) is 0.342. The molecule has 0 saturated carbocycles. The highest BCUT2D eigenvalue weighted by atomic mass is 32.2. The van der Waals surface area contributed by atoms with Crippen molar-refractivity contribution in [2.45, 2.75) is 71.5 Å². The minimum Gasteiger partial charge on any atom is -0.352 e. The molecule has 214 valence electrons. The minimum absolute atomic E-state index is 0.000491. The van der Waals surface area contributed by atoms with Gasteiger partial charge < -0.3 is 10.2 Å². The lowest BCUT2D eigenvalue weighted by atomic mass is 10.1. The number of nitrogens with one attached hydrogen (secondary N) is 1. The van der Waals surface area contributed by atoms with Crippen LogP contribution in [0.5, 0.6) is 0 Å². The Kier molecular flexibility index (Phi) is 10.1. The van der Waals surface area contributed by atoms with Gasteiger partial charge in [0.2, 0.25) is 11.8 Å². The van der Waals surface area contributed by atoms with Gasteiger partial charge in [0.15, 0.2) is 0 Å². The zero-order chi connectivity index (χ0) is 29.6. The maximum atomic E-state index is 14.0. The maximum absolute atomic E-state index is 14.0. The first-order chi connectivity index (χ1) is 18.8. The zero-order valence-electron chi connectivity index (χ0n) is 23.9. The summed E-state index contributed by atoms with van der Waals surface area (Å²) in [6.45, 7) is 10.4. The molecular formula is C31H38FN3O4S. The molecule has 0 unspecified atom stereocenters. The van der Waals surface area contributed by atoms with Crippen molar-refractivity contribution in [1.29, 1.82) is 0 Å². The number of aryl methyl sites for hydroxylation is 3. The van der Waals surface area contributed by atoms with Crippen molar-refractivity contribution in [3.8, 4) is 0 Å². The van der Waals surface area contributed by atoms with Crippen molar-refractivity contribution in [2.75, 3.05) is 10.8 Å². The van der Waals surface area contributed by atoms with Gasteiger partial charge in [-0.05, 0) is 82.5 Å². The van der Waals surface area contributed by atoms with E-state index < -0.39 is 34.3 Å². The molecule has 0 radical (unpaired) electrons. The molecule has 0 fully saturated rings. The Labute approximate surface area is 237 Å². The third-order valence-corrected chi connectivity index (χ3v) is 8.72. The number of benzene rings is 3. The van der Waals surface area contributed by atoms with E-state index in [1.54, 1.807) is 50.2 Å². The molecule has 3 aromatic rings. The average Bonchev–Trinajstić information content (AvgIpc) is 2.91. The lowest BCUT2D eigenvalue weighted by molar-refractivity contribution is -0.139. The van der Waals surface area contributed by atoms with Gasteiger partial charge >= 0.3 is 0 Å². The fraction of sp³-hybridized carbons (Fsp3) is 0.355.